The minimum atomic E-state index is -0.698. The van der Waals surface area contributed by atoms with Gasteiger partial charge in [0.15, 0.2) is 18.8 Å². The van der Waals surface area contributed by atoms with E-state index < -0.39 is 9.04 Å². The van der Waals surface area contributed by atoms with E-state index in [0.717, 1.165) is 0 Å². The van der Waals surface area contributed by atoms with Crippen molar-refractivity contribution in [2.75, 3.05) is 0 Å². The summed E-state index contributed by atoms with van der Waals surface area (Å²) in [6.07, 6.45) is 0. The van der Waals surface area contributed by atoms with Gasteiger partial charge >= 0.3 is 0 Å². The van der Waals surface area contributed by atoms with E-state index in [4.69, 9.17) is 4.12 Å². The number of rotatable bonds is 3. The fraction of sp³-hybridized carbons (Fsp3) is 0.500. The molecule has 0 atom stereocenters. The molecule has 0 saturated heterocycles. The van der Waals surface area contributed by atoms with E-state index >= 15 is 0 Å². The molecule has 3 heteroatoms. The number of hydrogen-bond acceptors (Lipinski definition) is 1. The van der Waals surface area contributed by atoms with Crippen LogP contribution in [0.25, 0.3) is 0 Å². The van der Waals surface area contributed by atoms with E-state index in [9.17, 15) is 0 Å². The Hall–Kier alpha value is 0.134. The largest absolute Gasteiger partial charge is 0.460 e. The first-order valence-corrected chi connectivity index (χ1v) is 6.67. The predicted molar refractivity (Wildman–Crippen MR) is 38.7 cm³/mol. The molecule has 0 rings (SSSR count). The maximum Gasteiger partial charge on any atom is 0.170 e. The van der Waals surface area contributed by atoms with Crippen LogP contribution < -0.4 is 0 Å². The third kappa shape index (κ3) is 6.13. The van der Waals surface area contributed by atoms with Crippen LogP contribution in [0.4, 0.5) is 0 Å². The van der Waals surface area contributed by atoms with E-state index in [0.29, 0.717) is 0 Å². The Bertz CT molecular complexity index is 53.7. The van der Waals surface area contributed by atoms with Crippen LogP contribution in [0.5, 0.6) is 0 Å². The number of hydrogen-bond donors (Lipinski definition) is 0. The quantitative estimate of drug-likeness (QED) is 0.499. The Balaban J connectivity index is 2.81. The molecule has 1 nitrogen and oxygen atoms in total. The standard InChI is InChI=1S/C4H12OSi2/c1-4-6-5-7(2)3/h4,7H,1,6H2,2-3H3. The predicted octanol–water partition coefficient (Wildman–Crippen LogP) is 0.214. The smallest absolute Gasteiger partial charge is 0.170 e. The first-order chi connectivity index (χ1) is 3.27. The second-order valence-electron chi connectivity index (χ2n) is 1.67. The van der Waals surface area contributed by atoms with Crippen molar-refractivity contribution in [2.45, 2.75) is 13.1 Å². The lowest BCUT2D eigenvalue weighted by molar-refractivity contribution is 0.634. The van der Waals surface area contributed by atoms with Crippen LogP contribution >= 0.6 is 0 Å². The van der Waals surface area contributed by atoms with Gasteiger partial charge in [-0.2, -0.15) is 0 Å². The van der Waals surface area contributed by atoms with Crippen LogP contribution in [0.1, 0.15) is 0 Å². The molecule has 0 heterocycles. The van der Waals surface area contributed by atoms with E-state index in [1.54, 1.807) is 0 Å². The van der Waals surface area contributed by atoms with E-state index in [1.165, 1.54) is 0 Å². The van der Waals surface area contributed by atoms with E-state index in [2.05, 4.69) is 19.7 Å². The molecule has 0 aliphatic carbocycles. The average Bonchev–Trinajstić information content (AvgIpc) is 1.61. The topological polar surface area (TPSA) is 9.23 Å². The fourth-order valence-electron chi connectivity index (χ4n) is 0.260. The molecule has 0 aliphatic rings. The molecule has 0 spiro atoms. The van der Waals surface area contributed by atoms with Gasteiger partial charge in [-0.05, 0) is 13.1 Å². The third-order valence-electron chi connectivity index (χ3n) is 0.547. The van der Waals surface area contributed by atoms with Crippen LogP contribution in [0, 0.1) is 0 Å². The molecule has 0 bridgehead atoms. The Labute approximate surface area is 49.1 Å². The summed E-state index contributed by atoms with van der Waals surface area (Å²) < 4.78 is 5.35. The zero-order chi connectivity index (χ0) is 5.70. The second kappa shape index (κ2) is 4.30. The van der Waals surface area contributed by atoms with Gasteiger partial charge in [-0.1, -0.05) is 5.70 Å². The van der Waals surface area contributed by atoms with Crippen LogP contribution in [-0.4, -0.2) is 18.8 Å². The molecule has 42 valence electrons. The first-order valence-electron chi connectivity index (χ1n) is 2.50. The molecule has 0 fully saturated rings. The Morgan fingerprint density at radius 1 is 1.71 bits per heavy atom. The van der Waals surface area contributed by atoms with Crippen molar-refractivity contribution in [3.63, 3.8) is 0 Å². The molecule has 0 aromatic heterocycles. The monoisotopic (exact) mass is 132 g/mol. The van der Waals surface area contributed by atoms with Crippen molar-refractivity contribution in [1.82, 2.24) is 0 Å². The zero-order valence-corrected chi connectivity index (χ0v) is 7.55. The summed E-state index contributed by atoms with van der Waals surface area (Å²) in [5.74, 6) is 0. The van der Waals surface area contributed by atoms with Gasteiger partial charge in [0.25, 0.3) is 0 Å². The van der Waals surface area contributed by atoms with Gasteiger partial charge in [0.2, 0.25) is 0 Å². The van der Waals surface area contributed by atoms with Crippen molar-refractivity contribution < 1.29 is 4.12 Å². The van der Waals surface area contributed by atoms with Crippen LogP contribution in [0.3, 0.4) is 0 Å². The Kier molecular flexibility index (Phi) is 4.38. The molecule has 0 saturated carbocycles. The molecule has 7 heavy (non-hydrogen) atoms. The summed E-state index contributed by atoms with van der Waals surface area (Å²) in [4.78, 5) is 0. The molecule has 0 amide bonds. The van der Waals surface area contributed by atoms with Crippen LogP contribution in [-0.2, 0) is 4.12 Å². The van der Waals surface area contributed by atoms with Gasteiger partial charge in [0, 0.05) is 0 Å². The van der Waals surface area contributed by atoms with Crippen molar-refractivity contribution in [3.05, 3.63) is 12.3 Å². The fourth-order valence-corrected chi connectivity index (χ4v) is 2.34. The summed E-state index contributed by atoms with van der Waals surface area (Å²) in [7, 11) is -0.998. The maximum absolute atomic E-state index is 5.35. The van der Waals surface area contributed by atoms with Gasteiger partial charge in [-0.3, -0.25) is 0 Å². The van der Waals surface area contributed by atoms with Crippen molar-refractivity contribution >= 4 is 18.8 Å². The molecule has 0 aliphatic heterocycles. The van der Waals surface area contributed by atoms with Crippen molar-refractivity contribution in [2.24, 2.45) is 0 Å². The minimum absolute atomic E-state index is 0.300. The molecule has 0 aromatic rings. The normalized spacial score (nSPS) is 11.3. The molecular weight excluding hydrogens is 120 g/mol. The van der Waals surface area contributed by atoms with Gasteiger partial charge in [0.05, 0.1) is 0 Å². The molecule has 0 unspecified atom stereocenters. The van der Waals surface area contributed by atoms with E-state index in [1.807, 2.05) is 5.70 Å². The summed E-state index contributed by atoms with van der Waals surface area (Å²) in [5.41, 5.74) is 1.92. The van der Waals surface area contributed by atoms with E-state index in [-0.39, 0.29) is 9.76 Å². The zero-order valence-electron chi connectivity index (χ0n) is 4.98. The maximum atomic E-state index is 5.35. The first kappa shape index (κ1) is 7.13. The lowest BCUT2D eigenvalue weighted by Crippen LogP contribution is -2.09. The van der Waals surface area contributed by atoms with Gasteiger partial charge in [-0.15, -0.1) is 6.58 Å². The average molecular weight is 132 g/mol. The summed E-state index contributed by atoms with van der Waals surface area (Å²) in [6, 6.07) is 0. The minimum Gasteiger partial charge on any atom is -0.460 e. The Morgan fingerprint density at radius 2 is 2.29 bits per heavy atom. The highest BCUT2D eigenvalue weighted by atomic mass is 28.3. The highest BCUT2D eigenvalue weighted by molar-refractivity contribution is 6.57. The van der Waals surface area contributed by atoms with Crippen LogP contribution in [0.15, 0.2) is 12.3 Å². The highest BCUT2D eigenvalue weighted by Gasteiger charge is 1.88. The van der Waals surface area contributed by atoms with Gasteiger partial charge in [-0.25, -0.2) is 0 Å². The summed E-state index contributed by atoms with van der Waals surface area (Å²) in [5, 5.41) is 0. The van der Waals surface area contributed by atoms with Crippen molar-refractivity contribution in [1.29, 1.82) is 0 Å². The molecule has 0 radical (unpaired) electrons. The van der Waals surface area contributed by atoms with Gasteiger partial charge < -0.3 is 4.12 Å². The SMILES string of the molecule is C=C[SiH2]O[SiH](C)C. The second-order valence-corrected chi connectivity index (χ2v) is 6.01. The molecular formula is C4H12OSi2. The van der Waals surface area contributed by atoms with Gasteiger partial charge in [0.1, 0.15) is 0 Å². The Morgan fingerprint density at radius 3 is 2.43 bits per heavy atom. The lowest BCUT2D eigenvalue weighted by atomic mass is 11.3. The van der Waals surface area contributed by atoms with Crippen molar-refractivity contribution in [3.8, 4) is 0 Å². The summed E-state index contributed by atoms with van der Waals surface area (Å²) >= 11 is 0. The third-order valence-corrected chi connectivity index (χ3v) is 4.22. The molecule has 0 aromatic carbocycles. The highest BCUT2D eigenvalue weighted by Crippen LogP contribution is 1.78. The molecule has 0 N–H and O–H groups in total. The lowest BCUT2D eigenvalue weighted by Gasteiger charge is -1.99. The van der Waals surface area contributed by atoms with Crippen LogP contribution in [0.2, 0.25) is 13.1 Å². The summed E-state index contributed by atoms with van der Waals surface area (Å²) in [6.45, 7) is 7.95.